The molecule has 1 heterocycles. The lowest BCUT2D eigenvalue weighted by atomic mass is 10.1. The van der Waals surface area contributed by atoms with Crippen molar-refractivity contribution in [2.75, 3.05) is 6.54 Å². The molecule has 92 valence electrons. The van der Waals surface area contributed by atoms with E-state index in [1.807, 2.05) is 31.2 Å². The van der Waals surface area contributed by atoms with Crippen LogP contribution < -0.4 is 5.32 Å². The van der Waals surface area contributed by atoms with Crippen LogP contribution in [0.15, 0.2) is 24.3 Å². The normalized spacial score (nSPS) is 23.8. The lowest BCUT2D eigenvalue weighted by Crippen LogP contribution is -2.29. The Hall–Kier alpha value is -1.39. The molecular weight excluding hydrogens is 218 g/mol. The first-order chi connectivity index (χ1) is 8.15. The summed E-state index contributed by atoms with van der Waals surface area (Å²) in [6.07, 6.45) is 0.540. The molecule has 0 bridgehead atoms. The summed E-state index contributed by atoms with van der Waals surface area (Å²) in [5, 5.41) is 11.8. The average molecular weight is 235 g/mol. The van der Waals surface area contributed by atoms with Gasteiger partial charge in [-0.3, -0.25) is 4.79 Å². The molecule has 1 aromatic rings. The van der Waals surface area contributed by atoms with Gasteiger partial charge in [-0.25, -0.2) is 0 Å². The van der Waals surface area contributed by atoms with Gasteiger partial charge in [-0.2, -0.15) is 0 Å². The molecule has 17 heavy (non-hydrogen) atoms. The van der Waals surface area contributed by atoms with Crippen molar-refractivity contribution in [1.29, 1.82) is 0 Å². The number of aryl methyl sites for hydroxylation is 1. The standard InChI is InChI=1S/C13H17NO3/c1-9-2-4-10(5-3-9)8-17-11-6-12(13(15)16)14-7-11/h2-5,11-12,14H,6-8H2,1H3,(H,15,16)/t11-,12+/m1/s1. The van der Waals surface area contributed by atoms with Crippen LogP contribution in [-0.2, 0) is 16.1 Å². The maximum Gasteiger partial charge on any atom is 0.320 e. The Bertz CT molecular complexity index is 388. The molecule has 2 N–H and O–H groups in total. The number of ether oxygens (including phenoxy) is 1. The van der Waals surface area contributed by atoms with Crippen molar-refractivity contribution < 1.29 is 14.6 Å². The first-order valence-corrected chi connectivity index (χ1v) is 5.78. The van der Waals surface area contributed by atoms with Crippen LogP contribution in [0.4, 0.5) is 0 Å². The van der Waals surface area contributed by atoms with Crippen molar-refractivity contribution in [2.24, 2.45) is 0 Å². The highest BCUT2D eigenvalue weighted by atomic mass is 16.5. The molecular formula is C13H17NO3. The van der Waals surface area contributed by atoms with Crippen molar-refractivity contribution in [3.05, 3.63) is 35.4 Å². The average Bonchev–Trinajstić information content (AvgIpc) is 2.77. The van der Waals surface area contributed by atoms with E-state index in [1.54, 1.807) is 0 Å². The number of hydrogen-bond donors (Lipinski definition) is 2. The van der Waals surface area contributed by atoms with Gasteiger partial charge in [0.1, 0.15) is 6.04 Å². The van der Waals surface area contributed by atoms with Gasteiger partial charge >= 0.3 is 5.97 Å². The molecule has 1 saturated heterocycles. The van der Waals surface area contributed by atoms with Crippen LogP contribution in [0.5, 0.6) is 0 Å². The lowest BCUT2D eigenvalue weighted by Gasteiger charge is -2.10. The summed E-state index contributed by atoms with van der Waals surface area (Å²) in [6, 6.07) is 7.70. The van der Waals surface area contributed by atoms with Gasteiger partial charge in [0, 0.05) is 13.0 Å². The second-order valence-electron chi connectivity index (χ2n) is 4.45. The molecule has 2 atom stereocenters. The highest BCUT2D eigenvalue weighted by molar-refractivity contribution is 5.73. The van der Waals surface area contributed by atoms with Crippen molar-refractivity contribution in [3.63, 3.8) is 0 Å². The molecule has 0 radical (unpaired) electrons. The van der Waals surface area contributed by atoms with Crippen LogP contribution in [0.2, 0.25) is 0 Å². The van der Waals surface area contributed by atoms with Crippen LogP contribution in [-0.4, -0.2) is 29.8 Å². The molecule has 2 rings (SSSR count). The number of carboxylic acids is 1. The summed E-state index contributed by atoms with van der Waals surface area (Å²) in [4.78, 5) is 10.7. The number of carbonyl (C=O) groups is 1. The molecule has 0 aliphatic carbocycles. The van der Waals surface area contributed by atoms with E-state index in [2.05, 4.69) is 5.32 Å². The van der Waals surface area contributed by atoms with Gasteiger partial charge < -0.3 is 15.2 Å². The highest BCUT2D eigenvalue weighted by Crippen LogP contribution is 2.13. The summed E-state index contributed by atoms with van der Waals surface area (Å²) < 4.78 is 5.68. The van der Waals surface area contributed by atoms with Gasteiger partial charge in [0.2, 0.25) is 0 Å². The van der Waals surface area contributed by atoms with Gasteiger partial charge in [0.05, 0.1) is 12.7 Å². The summed E-state index contributed by atoms with van der Waals surface area (Å²) in [5.74, 6) is -0.800. The van der Waals surface area contributed by atoms with E-state index in [9.17, 15) is 4.79 Å². The van der Waals surface area contributed by atoms with Crippen LogP contribution in [0, 0.1) is 6.92 Å². The number of benzene rings is 1. The summed E-state index contributed by atoms with van der Waals surface area (Å²) in [7, 11) is 0. The molecule has 0 unspecified atom stereocenters. The third-order valence-corrected chi connectivity index (χ3v) is 2.99. The largest absolute Gasteiger partial charge is 0.480 e. The zero-order chi connectivity index (χ0) is 12.3. The van der Waals surface area contributed by atoms with Gasteiger partial charge in [0.15, 0.2) is 0 Å². The van der Waals surface area contributed by atoms with Crippen molar-refractivity contribution in [2.45, 2.75) is 32.1 Å². The second kappa shape index (κ2) is 5.29. The predicted octanol–water partition coefficient (Wildman–Crippen LogP) is 1.33. The number of hydrogen-bond acceptors (Lipinski definition) is 3. The van der Waals surface area contributed by atoms with E-state index in [0.717, 1.165) is 5.56 Å². The van der Waals surface area contributed by atoms with Gasteiger partial charge in [-0.05, 0) is 12.5 Å². The molecule has 1 aliphatic rings. The Kier molecular flexibility index (Phi) is 3.76. The van der Waals surface area contributed by atoms with E-state index in [-0.39, 0.29) is 6.10 Å². The smallest absolute Gasteiger partial charge is 0.320 e. The number of aliphatic carboxylic acids is 1. The fraction of sp³-hybridized carbons (Fsp3) is 0.462. The van der Waals surface area contributed by atoms with Crippen molar-refractivity contribution >= 4 is 5.97 Å². The van der Waals surface area contributed by atoms with Crippen LogP contribution >= 0.6 is 0 Å². The molecule has 4 heteroatoms. The van der Waals surface area contributed by atoms with Crippen LogP contribution in [0.25, 0.3) is 0 Å². The van der Waals surface area contributed by atoms with Crippen LogP contribution in [0.3, 0.4) is 0 Å². The molecule has 1 fully saturated rings. The zero-order valence-corrected chi connectivity index (χ0v) is 9.85. The lowest BCUT2D eigenvalue weighted by molar-refractivity contribution is -0.139. The summed E-state index contributed by atoms with van der Waals surface area (Å²) in [6.45, 7) is 3.20. The van der Waals surface area contributed by atoms with E-state index in [4.69, 9.17) is 9.84 Å². The van der Waals surface area contributed by atoms with E-state index >= 15 is 0 Å². The minimum absolute atomic E-state index is 0.00240. The summed E-state index contributed by atoms with van der Waals surface area (Å²) in [5.41, 5.74) is 2.34. The number of carboxylic acid groups (broad SMARTS) is 1. The van der Waals surface area contributed by atoms with Crippen LogP contribution in [0.1, 0.15) is 17.5 Å². The van der Waals surface area contributed by atoms with Crippen molar-refractivity contribution in [3.8, 4) is 0 Å². The van der Waals surface area contributed by atoms with E-state index < -0.39 is 12.0 Å². The third-order valence-electron chi connectivity index (χ3n) is 2.99. The molecule has 1 aliphatic heterocycles. The Balaban J connectivity index is 1.80. The monoisotopic (exact) mass is 235 g/mol. The molecule has 0 saturated carbocycles. The topological polar surface area (TPSA) is 58.6 Å². The van der Waals surface area contributed by atoms with Gasteiger partial charge in [0.25, 0.3) is 0 Å². The Morgan fingerprint density at radius 2 is 2.18 bits per heavy atom. The second-order valence-corrected chi connectivity index (χ2v) is 4.45. The molecule has 0 amide bonds. The quantitative estimate of drug-likeness (QED) is 0.826. The Labute approximate surface area is 101 Å². The number of nitrogens with one attached hydrogen (secondary N) is 1. The molecule has 1 aromatic carbocycles. The van der Waals surface area contributed by atoms with Gasteiger partial charge in [-0.1, -0.05) is 29.8 Å². The van der Waals surface area contributed by atoms with E-state index in [0.29, 0.717) is 19.6 Å². The Morgan fingerprint density at radius 3 is 2.76 bits per heavy atom. The van der Waals surface area contributed by atoms with Crippen molar-refractivity contribution in [1.82, 2.24) is 5.32 Å². The summed E-state index contributed by atoms with van der Waals surface area (Å²) >= 11 is 0. The molecule has 4 nitrogen and oxygen atoms in total. The van der Waals surface area contributed by atoms with E-state index in [1.165, 1.54) is 5.56 Å². The maximum atomic E-state index is 10.7. The first kappa shape index (κ1) is 12.1. The maximum absolute atomic E-state index is 10.7. The minimum atomic E-state index is -0.800. The molecule has 0 aromatic heterocycles. The highest BCUT2D eigenvalue weighted by Gasteiger charge is 2.29. The van der Waals surface area contributed by atoms with Gasteiger partial charge in [-0.15, -0.1) is 0 Å². The fourth-order valence-corrected chi connectivity index (χ4v) is 1.92. The Morgan fingerprint density at radius 1 is 1.47 bits per heavy atom. The molecule has 0 spiro atoms. The SMILES string of the molecule is Cc1ccc(CO[C@H]2CN[C@H](C(=O)O)C2)cc1. The number of rotatable bonds is 4. The zero-order valence-electron chi connectivity index (χ0n) is 9.85. The fourth-order valence-electron chi connectivity index (χ4n) is 1.92. The predicted molar refractivity (Wildman–Crippen MR) is 63.8 cm³/mol. The third kappa shape index (κ3) is 3.28. The minimum Gasteiger partial charge on any atom is -0.480 e. The first-order valence-electron chi connectivity index (χ1n) is 5.78.